The van der Waals surface area contributed by atoms with E-state index in [1.54, 1.807) is 12.1 Å². The van der Waals surface area contributed by atoms with E-state index in [0.29, 0.717) is 0 Å². The third kappa shape index (κ3) is 12.2. The Morgan fingerprint density at radius 3 is 1.73 bits per heavy atom. The van der Waals surface area contributed by atoms with Crippen LogP contribution in [-0.4, -0.2) is 13.0 Å². The molecule has 0 bridgehead atoms. The van der Waals surface area contributed by atoms with Crippen molar-refractivity contribution in [1.82, 2.24) is 0 Å². The van der Waals surface area contributed by atoms with E-state index in [4.69, 9.17) is 0 Å². The van der Waals surface area contributed by atoms with Gasteiger partial charge in [-0.2, -0.15) is 0 Å². The summed E-state index contributed by atoms with van der Waals surface area (Å²) in [6.07, 6.45) is 19.3. The van der Waals surface area contributed by atoms with Gasteiger partial charge in [0, 0.05) is 0 Å². The summed E-state index contributed by atoms with van der Waals surface area (Å²) in [4.78, 5) is -0.0870. The van der Waals surface area contributed by atoms with Gasteiger partial charge < -0.3 is 4.55 Å². The minimum atomic E-state index is -4.46. The number of rotatable bonds is 17. The van der Waals surface area contributed by atoms with E-state index in [2.05, 4.69) is 32.0 Å². The third-order valence-corrected chi connectivity index (χ3v) is 7.30. The molecule has 0 aliphatic heterocycles. The van der Waals surface area contributed by atoms with Gasteiger partial charge >= 0.3 is 51.4 Å². The summed E-state index contributed by atoms with van der Waals surface area (Å²) in [5.74, 6) is 0. The molecule has 0 saturated carbocycles. The van der Waals surface area contributed by atoms with Gasteiger partial charge in [0.25, 0.3) is 0 Å². The molecule has 0 heterocycles. The topological polar surface area (TPSA) is 57.2 Å². The summed E-state index contributed by atoms with van der Waals surface area (Å²) in [5, 5.41) is 1.98. The van der Waals surface area contributed by atoms with Crippen molar-refractivity contribution < 1.29 is 64.4 Å². The average Bonchev–Trinajstić information content (AvgIpc) is 2.76. The minimum Gasteiger partial charge on any atom is -0.744 e. The largest absolute Gasteiger partial charge is 1.00 e. The second-order valence-corrected chi connectivity index (χ2v) is 10.7. The van der Waals surface area contributed by atoms with Crippen molar-refractivity contribution in [2.45, 2.75) is 121 Å². The van der Waals surface area contributed by atoms with E-state index in [1.165, 1.54) is 76.2 Å². The second kappa shape index (κ2) is 17.6. The molecule has 0 aromatic heterocycles. The maximum absolute atomic E-state index is 11.8. The zero-order valence-electron chi connectivity index (χ0n) is 21.3. The van der Waals surface area contributed by atoms with Crippen LogP contribution in [0.3, 0.4) is 0 Å². The van der Waals surface area contributed by atoms with Crippen LogP contribution in [0, 0.1) is 0 Å². The molecule has 0 atom stereocenters. The van der Waals surface area contributed by atoms with Crippen LogP contribution in [-0.2, 0) is 23.0 Å². The summed E-state index contributed by atoms with van der Waals surface area (Å²) in [7, 11) is -4.46. The number of fused-ring (bicyclic) bond motifs is 1. The molecule has 0 amide bonds. The second-order valence-electron chi connectivity index (χ2n) is 9.33. The molecule has 0 radical (unpaired) electrons. The van der Waals surface area contributed by atoms with E-state index in [0.717, 1.165) is 48.4 Å². The molecule has 33 heavy (non-hydrogen) atoms. The summed E-state index contributed by atoms with van der Waals surface area (Å²) in [6, 6.07) is 9.58. The first kappa shape index (κ1) is 31.3. The van der Waals surface area contributed by atoms with E-state index in [-0.39, 0.29) is 56.3 Å². The molecule has 5 heteroatoms. The van der Waals surface area contributed by atoms with Gasteiger partial charge in [-0.15, -0.1) is 0 Å². The zero-order valence-corrected chi connectivity index (χ0v) is 25.3. The monoisotopic (exact) mass is 498 g/mol. The number of hydrogen-bond donors (Lipinski definition) is 0. The molecule has 0 aliphatic rings. The number of aryl methyl sites for hydroxylation is 2. The van der Waals surface area contributed by atoms with Crippen molar-refractivity contribution in [3.8, 4) is 0 Å². The van der Waals surface area contributed by atoms with E-state index in [9.17, 15) is 13.0 Å². The molecule has 0 unspecified atom stereocenters. The van der Waals surface area contributed by atoms with Crippen LogP contribution >= 0.6 is 0 Å². The van der Waals surface area contributed by atoms with Gasteiger partial charge in [-0.25, -0.2) is 8.42 Å². The minimum absolute atomic E-state index is 0. The fourth-order valence-corrected chi connectivity index (χ4v) is 5.09. The third-order valence-electron chi connectivity index (χ3n) is 6.48. The number of hydrogen-bond acceptors (Lipinski definition) is 3. The molecule has 0 saturated heterocycles. The van der Waals surface area contributed by atoms with E-state index < -0.39 is 10.1 Å². The van der Waals surface area contributed by atoms with Crippen molar-refractivity contribution in [2.75, 3.05) is 0 Å². The molecular weight excluding hydrogens is 455 g/mol. The molecule has 0 spiro atoms. The first-order valence-corrected chi connectivity index (χ1v) is 14.4. The molecule has 2 aromatic carbocycles. The van der Waals surface area contributed by atoms with Crippen LogP contribution in [0.5, 0.6) is 0 Å². The van der Waals surface area contributed by atoms with Crippen LogP contribution in [0.2, 0.25) is 0 Å². The predicted molar refractivity (Wildman–Crippen MR) is 135 cm³/mol. The maximum Gasteiger partial charge on any atom is 1.00 e. The first-order chi connectivity index (χ1) is 15.5. The zero-order chi connectivity index (χ0) is 23.2. The van der Waals surface area contributed by atoms with Gasteiger partial charge in [0.1, 0.15) is 10.1 Å². The fourth-order valence-electron chi connectivity index (χ4n) is 4.53. The predicted octanol–water partition coefficient (Wildman–Crippen LogP) is 5.33. The van der Waals surface area contributed by atoms with Gasteiger partial charge in [0.05, 0.1) is 4.90 Å². The van der Waals surface area contributed by atoms with Crippen molar-refractivity contribution in [3.05, 3.63) is 41.5 Å². The molecule has 2 aromatic rings. The number of unbranched alkanes of at least 4 members (excludes halogenated alkanes) is 12. The van der Waals surface area contributed by atoms with E-state index >= 15 is 0 Å². The van der Waals surface area contributed by atoms with Crippen LogP contribution in [0.25, 0.3) is 10.8 Å². The Morgan fingerprint density at radius 2 is 1.18 bits per heavy atom. The Morgan fingerprint density at radius 1 is 0.667 bits per heavy atom. The maximum atomic E-state index is 11.8. The smallest absolute Gasteiger partial charge is 0.744 e. The molecule has 0 N–H and O–H groups in total. The quantitative estimate of drug-likeness (QED) is 0.168. The molecule has 2 rings (SSSR count). The van der Waals surface area contributed by atoms with Gasteiger partial charge in [0.15, 0.2) is 0 Å². The van der Waals surface area contributed by atoms with Gasteiger partial charge in [-0.05, 0) is 59.7 Å². The Balaban J connectivity index is 0.00000544. The first-order valence-electron chi connectivity index (χ1n) is 13.0. The van der Waals surface area contributed by atoms with Crippen LogP contribution in [0.1, 0.15) is 115 Å². The Kier molecular flexibility index (Phi) is 16.7. The SMILES string of the molecule is CCCCCCCCCc1ccc2c(CCCCCCCCC)cc(S(=O)(=O)[O-])cc2c1.[K+]. The van der Waals surface area contributed by atoms with Gasteiger partial charge in [0.2, 0.25) is 0 Å². The van der Waals surface area contributed by atoms with Crippen LogP contribution < -0.4 is 51.4 Å². The molecular formula is C28H43KO3S. The Bertz CT molecular complexity index is 909. The van der Waals surface area contributed by atoms with Crippen molar-refractivity contribution in [2.24, 2.45) is 0 Å². The summed E-state index contributed by atoms with van der Waals surface area (Å²) in [6.45, 7) is 4.46. The molecule has 3 nitrogen and oxygen atoms in total. The Labute approximate surface area is 245 Å². The standard InChI is InChI=1S/C28H44O3S.K/c1-3-5-7-9-11-13-15-17-24-19-20-28-25(18-16-14-12-10-8-6-4-2)22-27(32(29,30)31)23-26(28)21-24;/h19-23H,3-18H2,1-2H3,(H,29,30,31);/q;+1/p-1. The van der Waals surface area contributed by atoms with Crippen LogP contribution in [0.15, 0.2) is 35.2 Å². The summed E-state index contributed by atoms with van der Waals surface area (Å²) < 4.78 is 35.3. The van der Waals surface area contributed by atoms with Gasteiger partial charge in [-0.3, -0.25) is 0 Å². The summed E-state index contributed by atoms with van der Waals surface area (Å²) >= 11 is 0. The number of benzene rings is 2. The van der Waals surface area contributed by atoms with Crippen molar-refractivity contribution >= 4 is 20.9 Å². The fraction of sp³-hybridized carbons (Fsp3) is 0.643. The normalized spacial score (nSPS) is 11.6. The summed E-state index contributed by atoms with van der Waals surface area (Å²) in [5.41, 5.74) is 2.22. The molecule has 0 aliphatic carbocycles. The van der Waals surface area contributed by atoms with E-state index in [1.807, 2.05) is 0 Å². The van der Waals surface area contributed by atoms with Crippen molar-refractivity contribution in [3.63, 3.8) is 0 Å². The van der Waals surface area contributed by atoms with Gasteiger partial charge in [-0.1, -0.05) is 109 Å². The van der Waals surface area contributed by atoms with Crippen molar-refractivity contribution in [1.29, 1.82) is 0 Å². The average molecular weight is 499 g/mol. The molecule has 0 fully saturated rings. The molecule has 180 valence electrons. The Hall–Kier alpha value is 0.246. The van der Waals surface area contributed by atoms with Crippen LogP contribution in [0.4, 0.5) is 0 Å².